The molecule has 1 unspecified atom stereocenters. The van der Waals surface area contributed by atoms with Crippen LogP contribution in [-0.4, -0.2) is 32.5 Å². The molecular formula is C17H18N6O3S. The first-order chi connectivity index (χ1) is 12.9. The predicted octanol–water partition coefficient (Wildman–Crippen LogP) is 0.756. The molecule has 0 spiro atoms. The zero-order chi connectivity index (χ0) is 18.8. The van der Waals surface area contributed by atoms with Crippen molar-refractivity contribution in [3.8, 4) is 0 Å². The van der Waals surface area contributed by atoms with Crippen LogP contribution in [0.3, 0.4) is 0 Å². The van der Waals surface area contributed by atoms with Crippen LogP contribution in [0.5, 0.6) is 0 Å². The number of rotatable bonds is 2. The number of carbonyl (C=O) groups is 2. The molecule has 3 aliphatic rings. The van der Waals surface area contributed by atoms with Gasteiger partial charge in [-0.1, -0.05) is 6.07 Å². The van der Waals surface area contributed by atoms with E-state index in [1.165, 1.54) is 21.9 Å². The van der Waals surface area contributed by atoms with Crippen LogP contribution in [0.4, 0.5) is 10.5 Å². The summed E-state index contributed by atoms with van der Waals surface area (Å²) in [7, 11) is -3.56. The van der Waals surface area contributed by atoms with Crippen LogP contribution in [0.15, 0.2) is 21.5 Å². The van der Waals surface area contributed by atoms with Crippen molar-refractivity contribution in [2.75, 3.05) is 11.9 Å². The van der Waals surface area contributed by atoms with Gasteiger partial charge in [-0.05, 0) is 47.9 Å². The first-order valence-electron chi connectivity index (χ1n) is 8.81. The van der Waals surface area contributed by atoms with Gasteiger partial charge in [0.15, 0.2) is 14.9 Å². The maximum absolute atomic E-state index is 12.8. The van der Waals surface area contributed by atoms with Crippen molar-refractivity contribution in [2.24, 2.45) is 9.50 Å². The minimum absolute atomic E-state index is 0.0706. The van der Waals surface area contributed by atoms with E-state index in [1.54, 1.807) is 0 Å². The van der Waals surface area contributed by atoms with Crippen LogP contribution >= 0.6 is 0 Å². The monoisotopic (exact) mass is 386 g/mol. The van der Waals surface area contributed by atoms with Crippen molar-refractivity contribution in [1.82, 2.24) is 15.1 Å². The Labute approximate surface area is 155 Å². The van der Waals surface area contributed by atoms with Crippen LogP contribution in [0.25, 0.3) is 0 Å². The van der Waals surface area contributed by atoms with Gasteiger partial charge in [0.25, 0.3) is 5.91 Å². The number of nitrogens with zero attached hydrogens (tertiary/aromatic N) is 3. The maximum Gasteiger partial charge on any atom is 0.354 e. The molecule has 9 nitrogen and oxygen atoms in total. The Hall–Kier alpha value is -2.72. The standard InChI is InChI=1S/C17H18N6O3S/c18-27(26,14-8-13-16(24)19-5-6-23(13)21-14)22-17(25)20-15-11-3-1-9(11)7-10-2-4-12(10)15/h7-8H,1-6H2,(H,19,24)(H3,18,20,22,25,26). The molecule has 10 heteroatoms. The molecule has 1 aromatic heterocycles. The zero-order valence-corrected chi connectivity index (χ0v) is 15.3. The number of hydrogen-bond acceptors (Lipinski definition) is 4. The van der Waals surface area contributed by atoms with Crippen LogP contribution in [0.1, 0.15) is 32.7 Å². The van der Waals surface area contributed by atoms with Crippen LogP contribution in [0, 0.1) is 0 Å². The normalized spacial score (nSPS) is 18.6. The molecule has 1 aliphatic heterocycles. The molecule has 1 aromatic carbocycles. The summed E-state index contributed by atoms with van der Waals surface area (Å²) in [6.45, 7) is 0.881. The average Bonchev–Trinajstić information content (AvgIpc) is 2.98. The summed E-state index contributed by atoms with van der Waals surface area (Å²) in [6.07, 6.45) is 3.86. The van der Waals surface area contributed by atoms with Gasteiger partial charge in [-0.25, -0.2) is 14.1 Å². The molecular weight excluding hydrogens is 368 g/mol. The molecule has 0 fully saturated rings. The number of aryl methyl sites for hydroxylation is 2. The van der Waals surface area contributed by atoms with Crippen LogP contribution in [0.2, 0.25) is 0 Å². The largest absolute Gasteiger partial charge is 0.354 e. The Balaban J connectivity index is 1.46. The molecule has 0 saturated heterocycles. The third-order valence-electron chi connectivity index (χ3n) is 5.37. The smallest absolute Gasteiger partial charge is 0.349 e. The van der Waals surface area contributed by atoms with Crippen molar-refractivity contribution >= 4 is 27.5 Å². The molecule has 5 rings (SSSR count). The number of amides is 3. The topological polar surface area (TPSA) is 131 Å². The Bertz CT molecular complexity index is 1110. The number of aromatic nitrogens is 2. The summed E-state index contributed by atoms with van der Waals surface area (Å²) < 4.78 is 17.9. The fourth-order valence-corrected chi connectivity index (χ4v) is 4.66. The van der Waals surface area contributed by atoms with E-state index >= 15 is 0 Å². The third-order valence-corrected chi connectivity index (χ3v) is 6.60. The van der Waals surface area contributed by atoms with E-state index in [-0.39, 0.29) is 16.6 Å². The summed E-state index contributed by atoms with van der Waals surface area (Å²) in [4.78, 5) is 24.3. The minimum atomic E-state index is -3.56. The summed E-state index contributed by atoms with van der Waals surface area (Å²) in [5.41, 5.74) is 5.84. The summed E-state index contributed by atoms with van der Waals surface area (Å²) in [6, 6.07) is 2.78. The van der Waals surface area contributed by atoms with Crippen LogP contribution < -0.4 is 15.8 Å². The van der Waals surface area contributed by atoms with E-state index in [0.717, 1.165) is 42.5 Å². The molecule has 0 bridgehead atoms. The highest BCUT2D eigenvalue weighted by molar-refractivity contribution is 7.91. The van der Waals surface area contributed by atoms with E-state index in [9.17, 15) is 13.8 Å². The number of nitrogens with one attached hydrogen (secondary N) is 2. The molecule has 27 heavy (non-hydrogen) atoms. The fraction of sp³-hybridized carbons (Fsp3) is 0.353. The van der Waals surface area contributed by atoms with Gasteiger partial charge in [-0.2, -0.15) is 5.10 Å². The van der Waals surface area contributed by atoms with Gasteiger partial charge in [0, 0.05) is 18.3 Å². The second-order valence-electron chi connectivity index (χ2n) is 6.96. The first kappa shape index (κ1) is 16.5. The maximum atomic E-state index is 12.8. The van der Waals surface area contributed by atoms with Crippen molar-refractivity contribution in [3.05, 3.63) is 40.1 Å². The summed E-state index contributed by atoms with van der Waals surface area (Å²) in [5.74, 6) is -0.317. The molecule has 1 atom stereocenters. The van der Waals surface area contributed by atoms with E-state index in [4.69, 9.17) is 5.14 Å². The third kappa shape index (κ3) is 2.55. The highest BCUT2D eigenvalue weighted by atomic mass is 32.2. The second kappa shape index (κ2) is 5.64. The number of urea groups is 1. The van der Waals surface area contributed by atoms with E-state index < -0.39 is 15.9 Å². The van der Waals surface area contributed by atoms with Crippen molar-refractivity contribution in [1.29, 1.82) is 0 Å². The number of carbonyl (C=O) groups excluding carboxylic acids is 2. The van der Waals surface area contributed by atoms with E-state index in [1.807, 2.05) is 0 Å². The SMILES string of the molecule is NS(=O)(=NC(=O)Nc1c2c(cc3c1CC3)CC2)c1cc2n(n1)CCNC2=O. The van der Waals surface area contributed by atoms with Gasteiger partial charge in [0.1, 0.15) is 5.69 Å². The van der Waals surface area contributed by atoms with Crippen molar-refractivity contribution in [3.63, 3.8) is 0 Å². The fourth-order valence-electron chi connectivity index (χ4n) is 3.78. The second-order valence-corrected chi connectivity index (χ2v) is 8.70. The van der Waals surface area contributed by atoms with Gasteiger partial charge in [0.05, 0.1) is 6.54 Å². The van der Waals surface area contributed by atoms with E-state index in [0.29, 0.717) is 13.1 Å². The van der Waals surface area contributed by atoms with Gasteiger partial charge in [0.2, 0.25) is 0 Å². The van der Waals surface area contributed by atoms with Crippen LogP contribution in [-0.2, 0) is 42.1 Å². The van der Waals surface area contributed by atoms with Gasteiger partial charge < -0.3 is 10.6 Å². The number of hydrogen-bond donors (Lipinski definition) is 3. The predicted molar refractivity (Wildman–Crippen MR) is 97.9 cm³/mol. The zero-order valence-electron chi connectivity index (χ0n) is 14.4. The quantitative estimate of drug-likeness (QED) is 0.703. The van der Waals surface area contributed by atoms with Gasteiger partial charge >= 0.3 is 6.03 Å². The summed E-state index contributed by atoms with van der Waals surface area (Å²) >= 11 is 0. The Morgan fingerprint density at radius 1 is 1.22 bits per heavy atom. The highest BCUT2D eigenvalue weighted by Crippen LogP contribution is 2.40. The number of fused-ring (bicyclic) bond motifs is 3. The molecule has 3 amide bonds. The lowest BCUT2D eigenvalue weighted by Crippen LogP contribution is -2.35. The number of benzene rings is 1. The van der Waals surface area contributed by atoms with Crippen molar-refractivity contribution in [2.45, 2.75) is 37.3 Å². The molecule has 0 radical (unpaired) electrons. The molecule has 140 valence electrons. The Morgan fingerprint density at radius 3 is 2.52 bits per heavy atom. The lowest BCUT2D eigenvalue weighted by Gasteiger charge is -2.31. The Kier molecular flexibility index (Phi) is 3.43. The van der Waals surface area contributed by atoms with E-state index in [2.05, 4.69) is 26.2 Å². The molecule has 0 saturated carbocycles. The Morgan fingerprint density at radius 2 is 1.93 bits per heavy atom. The first-order valence-corrected chi connectivity index (χ1v) is 10.4. The van der Waals surface area contributed by atoms with Gasteiger partial charge in [-0.15, -0.1) is 4.36 Å². The molecule has 2 aliphatic carbocycles. The number of anilines is 1. The summed E-state index contributed by atoms with van der Waals surface area (Å²) in [5, 5.41) is 15.3. The average molecular weight is 386 g/mol. The lowest BCUT2D eigenvalue weighted by atomic mass is 9.76. The number of nitrogens with two attached hydrogens (primary N) is 1. The van der Waals surface area contributed by atoms with Crippen molar-refractivity contribution < 1.29 is 13.8 Å². The highest BCUT2D eigenvalue weighted by Gasteiger charge is 2.29. The molecule has 4 N–H and O–H groups in total. The molecule has 2 aromatic rings. The molecule has 2 heterocycles. The lowest BCUT2D eigenvalue weighted by molar-refractivity contribution is 0.0924. The van der Waals surface area contributed by atoms with Gasteiger partial charge in [-0.3, -0.25) is 9.48 Å². The minimum Gasteiger partial charge on any atom is -0.349 e.